The number of alkyl halides is 3. The molecular weight excluding hydrogens is 257 g/mol. The molecule has 0 aliphatic carbocycles. The molecule has 2 rings (SSSR count). The van der Waals surface area contributed by atoms with Crippen LogP contribution in [0.5, 0.6) is 5.75 Å². The Hall–Kier alpha value is -1.27. The summed E-state index contributed by atoms with van der Waals surface area (Å²) in [6, 6.07) is 7.03. The molecule has 0 radical (unpaired) electrons. The van der Waals surface area contributed by atoms with E-state index < -0.39 is 18.6 Å². The van der Waals surface area contributed by atoms with Crippen LogP contribution in [0.25, 0.3) is 0 Å². The molecule has 2 atom stereocenters. The van der Waals surface area contributed by atoms with E-state index in [0.29, 0.717) is 13.0 Å². The van der Waals surface area contributed by atoms with Gasteiger partial charge in [0, 0.05) is 18.4 Å². The molecule has 0 spiro atoms. The summed E-state index contributed by atoms with van der Waals surface area (Å²) in [4.78, 5) is 0. The number of para-hydroxylation sites is 1. The van der Waals surface area contributed by atoms with Crippen LogP contribution in [0.4, 0.5) is 13.2 Å². The lowest BCUT2D eigenvalue weighted by molar-refractivity contribution is -0.137. The van der Waals surface area contributed by atoms with Crippen molar-refractivity contribution in [2.75, 3.05) is 6.61 Å². The molecule has 0 fully saturated rings. The van der Waals surface area contributed by atoms with E-state index in [-0.39, 0.29) is 12.3 Å². The highest BCUT2D eigenvalue weighted by Crippen LogP contribution is 2.37. The highest BCUT2D eigenvalue weighted by molar-refractivity contribution is 5.38. The lowest BCUT2D eigenvalue weighted by atomic mass is 9.85. The predicted octanol–water partition coefficient (Wildman–Crippen LogP) is 2.73. The summed E-state index contributed by atoms with van der Waals surface area (Å²) in [6.07, 6.45) is -4.34. The van der Waals surface area contributed by atoms with Gasteiger partial charge in [0.05, 0.1) is 6.61 Å². The van der Waals surface area contributed by atoms with Gasteiger partial charge in [0.2, 0.25) is 0 Å². The maximum absolute atomic E-state index is 12.3. The van der Waals surface area contributed by atoms with Crippen molar-refractivity contribution in [3.63, 3.8) is 0 Å². The van der Waals surface area contributed by atoms with Crippen LogP contribution in [0.15, 0.2) is 24.3 Å². The maximum Gasteiger partial charge on any atom is 0.389 e. The number of halogens is 3. The third-order valence-electron chi connectivity index (χ3n) is 3.44. The van der Waals surface area contributed by atoms with Gasteiger partial charge >= 0.3 is 6.18 Å². The molecule has 3 N–H and O–H groups in total. The molecule has 1 heterocycles. The molecule has 0 saturated heterocycles. The number of hydrogen-bond donors (Lipinski definition) is 2. The zero-order valence-electron chi connectivity index (χ0n) is 10.4. The molecule has 1 aromatic rings. The van der Waals surface area contributed by atoms with Crippen LogP contribution in [0.2, 0.25) is 0 Å². The van der Waals surface area contributed by atoms with Gasteiger partial charge in [-0.2, -0.15) is 13.2 Å². The van der Waals surface area contributed by atoms with E-state index in [1.54, 1.807) is 0 Å². The number of benzene rings is 1. The first-order chi connectivity index (χ1) is 9.01. The zero-order valence-corrected chi connectivity index (χ0v) is 10.4. The van der Waals surface area contributed by atoms with Crippen molar-refractivity contribution >= 4 is 0 Å². The van der Waals surface area contributed by atoms with E-state index in [2.05, 4.69) is 5.43 Å². The Morgan fingerprint density at radius 3 is 2.79 bits per heavy atom. The highest BCUT2D eigenvalue weighted by atomic mass is 19.4. The summed E-state index contributed by atoms with van der Waals surface area (Å²) >= 11 is 0. The van der Waals surface area contributed by atoms with Gasteiger partial charge < -0.3 is 4.74 Å². The lowest BCUT2D eigenvalue weighted by Crippen LogP contribution is -2.42. The van der Waals surface area contributed by atoms with Gasteiger partial charge in [-0.25, -0.2) is 0 Å². The first kappa shape index (κ1) is 14.1. The van der Waals surface area contributed by atoms with E-state index >= 15 is 0 Å². The van der Waals surface area contributed by atoms with Crippen molar-refractivity contribution in [3.8, 4) is 5.75 Å². The average molecular weight is 274 g/mol. The summed E-state index contributed by atoms with van der Waals surface area (Å²) in [5.74, 6) is 6.13. The molecule has 106 valence electrons. The molecule has 0 aromatic heterocycles. The van der Waals surface area contributed by atoms with Crippen LogP contribution >= 0.6 is 0 Å². The van der Waals surface area contributed by atoms with Crippen molar-refractivity contribution < 1.29 is 17.9 Å². The van der Waals surface area contributed by atoms with Crippen molar-refractivity contribution in [3.05, 3.63) is 29.8 Å². The Kier molecular flexibility index (Phi) is 4.31. The van der Waals surface area contributed by atoms with Gasteiger partial charge in [-0.15, -0.1) is 0 Å². The molecule has 0 saturated carbocycles. The van der Waals surface area contributed by atoms with Crippen LogP contribution in [0, 0.1) is 0 Å². The number of fused-ring (bicyclic) bond motifs is 1. The second-order valence-corrected chi connectivity index (χ2v) is 4.71. The Labute approximate surface area is 109 Å². The maximum atomic E-state index is 12.3. The van der Waals surface area contributed by atoms with Gasteiger partial charge in [0.25, 0.3) is 0 Å². The van der Waals surface area contributed by atoms with E-state index in [9.17, 15) is 13.2 Å². The fourth-order valence-electron chi connectivity index (χ4n) is 2.51. The number of nitrogens with one attached hydrogen (secondary N) is 1. The molecule has 1 aromatic carbocycles. The van der Waals surface area contributed by atoms with Gasteiger partial charge in [0.1, 0.15) is 5.75 Å². The molecule has 3 nitrogen and oxygen atoms in total. The molecule has 2 unspecified atom stereocenters. The minimum atomic E-state index is -4.15. The number of nitrogens with two attached hydrogens (primary N) is 1. The van der Waals surface area contributed by atoms with Crippen molar-refractivity contribution in [2.45, 2.75) is 37.4 Å². The molecule has 0 bridgehead atoms. The topological polar surface area (TPSA) is 47.3 Å². The minimum Gasteiger partial charge on any atom is -0.493 e. The largest absolute Gasteiger partial charge is 0.493 e. The van der Waals surface area contributed by atoms with Gasteiger partial charge in [-0.3, -0.25) is 11.3 Å². The van der Waals surface area contributed by atoms with E-state index in [1.807, 2.05) is 24.3 Å². The third kappa shape index (κ3) is 3.61. The summed E-state index contributed by atoms with van der Waals surface area (Å²) < 4.78 is 42.5. The average Bonchev–Trinajstić information content (AvgIpc) is 2.38. The fourth-order valence-corrected chi connectivity index (χ4v) is 2.51. The van der Waals surface area contributed by atoms with E-state index in [4.69, 9.17) is 10.6 Å². The van der Waals surface area contributed by atoms with Crippen LogP contribution in [0.1, 0.15) is 30.7 Å². The van der Waals surface area contributed by atoms with E-state index in [1.165, 1.54) is 0 Å². The smallest absolute Gasteiger partial charge is 0.389 e. The zero-order chi connectivity index (χ0) is 13.9. The molecule has 6 heteroatoms. The van der Waals surface area contributed by atoms with Crippen molar-refractivity contribution in [1.82, 2.24) is 5.43 Å². The Morgan fingerprint density at radius 1 is 1.37 bits per heavy atom. The monoisotopic (exact) mass is 274 g/mol. The minimum absolute atomic E-state index is 0.0288. The second-order valence-electron chi connectivity index (χ2n) is 4.71. The summed E-state index contributed by atoms with van der Waals surface area (Å²) in [6.45, 7) is 0.506. The number of rotatable bonds is 4. The standard InChI is InChI=1S/C13H17F3N2O/c14-13(15,16)7-5-11(18-17)9-6-8-19-12-4-2-1-3-10(9)12/h1-4,9,11,18H,5-8,17H2. The van der Waals surface area contributed by atoms with Crippen molar-refractivity contribution in [1.29, 1.82) is 0 Å². The quantitative estimate of drug-likeness (QED) is 0.655. The normalized spacial score (nSPS) is 20.5. The second kappa shape index (κ2) is 5.79. The van der Waals surface area contributed by atoms with Gasteiger partial charge in [0.15, 0.2) is 0 Å². The highest BCUT2D eigenvalue weighted by Gasteiger charge is 2.33. The lowest BCUT2D eigenvalue weighted by Gasteiger charge is -2.32. The summed E-state index contributed by atoms with van der Waals surface area (Å²) in [5.41, 5.74) is 3.46. The summed E-state index contributed by atoms with van der Waals surface area (Å²) in [5, 5.41) is 0. The van der Waals surface area contributed by atoms with Gasteiger partial charge in [-0.05, 0) is 24.5 Å². The Morgan fingerprint density at radius 2 is 2.11 bits per heavy atom. The Bertz CT molecular complexity index is 423. The number of hydrogen-bond acceptors (Lipinski definition) is 3. The van der Waals surface area contributed by atoms with E-state index in [0.717, 1.165) is 11.3 Å². The van der Waals surface area contributed by atoms with Crippen LogP contribution < -0.4 is 16.0 Å². The third-order valence-corrected chi connectivity index (χ3v) is 3.44. The first-order valence-electron chi connectivity index (χ1n) is 6.26. The first-order valence-corrected chi connectivity index (χ1v) is 6.26. The molecule has 0 amide bonds. The van der Waals surface area contributed by atoms with Gasteiger partial charge in [-0.1, -0.05) is 18.2 Å². The predicted molar refractivity (Wildman–Crippen MR) is 65.7 cm³/mol. The molecular formula is C13H17F3N2O. The molecule has 1 aliphatic heterocycles. The van der Waals surface area contributed by atoms with Crippen LogP contribution in [-0.2, 0) is 0 Å². The van der Waals surface area contributed by atoms with Crippen LogP contribution in [-0.4, -0.2) is 18.8 Å². The fraction of sp³-hybridized carbons (Fsp3) is 0.538. The SMILES string of the molecule is NNC(CCC(F)(F)F)C1CCOc2ccccc21. The number of ether oxygens (including phenoxy) is 1. The summed E-state index contributed by atoms with van der Waals surface area (Å²) in [7, 11) is 0. The molecule has 1 aliphatic rings. The molecule has 19 heavy (non-hydrogen) atoms. The van der Waals surface area contributed by atoms with Crippen LogP contribution in [0.3, 0.4) is 0 Å². The Balaban J connectivity index is 2.11. The number of hydrazine groups is 1. The van der Waals surface area contributed by atoms with Crippen molar-refractivity contribution in [2.24, 2.45) is 5.84 Å².